The summed E-state index contributed by atoms with van der Waals surface area (Å²) in [6, 6.07) is 0. The zero-order chi connectivity index (χ0) is 15.5. The molecule has 0 aromatic rings. The predicted molar refractivity (Wildman–Crippen MR) is 76.9 cm³/mol. The molecule has 0 radical (unpaired) electrons. The van der Waals surface area contributed by atoms with E-state index in [-0.39, 0.29) is 6.42 Å². The molecule has 116 valence electrons. The van der Waals surface area contributed by atoms with E-state index in [9.17, 15) is 9.59 Å². The molecule has 21 heavy (non-hydrogen) atoms. The lowest BCUT2D eigenvalue weighted by molar-refractivity contribution is -0.157. The third-order valence-electron chi connectivity index (χ3n) is 4.53. The van der Waals surface area contributed by atoms with Crippen molar-refractivity contribution in [3.63, 3.8) is 0 Å². The standard InChI is InChI=1S/C10H12O4.C6H10O/c1-2-10(9(13)14)6-4-3-5-7(10)8(11)12;1-2-4-6-5(3-1)7-6/h3-7H,2H2,1H3,(H,11,12)(H,13,14);5-6H,1-4H2. The molecule has 1 saturated carbocycles. The van der Waals surface area contributed by atoms with Gasteiger partial charge in [-0.1, -0.05) is 44.1 Å². The SMILES string of the molecule is C1CCC2OC2C1.CCC1(C(=O)O)C=CC=CC1C(=O)O. The number of epoxide rings is 1. The molecule has 3 aliphatic rings. The number of ether oxygens (including phenoxy) is 1. The van der Waals surface area contributed by atoms with Crippen molar-refractivity contribution >= 4 is 11.9 Å². The van der Waals surface area contributed by atoms with Crippen LogP contribution in [0, 0.1) is 11.3 Å². The molecule has 0 bridgehead atoms. The average molecular weight is 294 g/mol. The molecule has 4 unspecified atom stereocenters. The number of hydrogen-bond donors (Lipinski definition) is 2. The lowest BCUT2D eigenvalue weighted by atomic mass is 9.71. The molecule has 0 spiro atoms. The summed E-state index contributed by atoms with van der Waals surface area (Å²) in [5.41, 5.74) is -1.29. The van der Waals surface area contributed by atoms with Crippen LogP contribution in [-0.2, 0) is 14.3 Å². The first-order valence-electron chi connectivity index (χ1n) is 7.49. The Morgan fingerprint density at radius 3 is 2.19 bits per heavy atom. The smallest absolute Gasteiger partial charge is 0.314 e. The first-order valence-corrected chi connectivity index (χ1v) is 7.49. The summed E-state index contributed by atoms with van der Waals surface area (Å²) in [5.74, 6) is -3.17. The van der Waals surface area contributed by atoms with E-state index in [4.69, 9.17) is 14.9 Å². The number of carboxylic acid groups (broad SMARTS) is 2. The van der Waals surface area contributed by atoms with Crippen LogP contribution in [-0.4, -0.2) is 34.4 Å². The summed E-state index contributed by atoms with van der Waals surface area (Å²) in [6.07, 6.45) is 13.2. The Morgan fingerprint density at radius 1 is 1.19 bits per heavy atom. The van der Waals surface area contributed by atoms with Gasteiger partial charge < -0.3 is 14.9 Å². The fourth-order valence-corrected chi connectivity index (χ4v) is 3.05. The molecule has 5 nitrogen and oxygen atoms in total. The summed E-state index contributed by atoms with van der Waals surface area (Å²) in [6.45, 7) is 1.67. The molecule has 0 aromatic carbocycles. The monoisotopic (exact) mass is 294 g/mol. The minimum atomic E-state index is -1.29. The number of carbonyl (C=O) groups is 2. The summed E-state index contributed by atoms with van der Waals surface area (Å²) >= 11 is 0. The molecule has 5 heteroatoms. The van der Waals surface area contributed by atoms with E-state index in [1.807, 2.05) is 0 Å². The molecular weight excluding hydrogens is 272 g/mol. The highest BCUT2D eigenvalue weighted by Crippen LogP contribution is 2.37. The van der Waals surface area contributed by atoms with Crippen molar-refractivity contribution in [2.45, 2.75) is 51.2 Å². The van der Waals surface area contributed by atoms with E-state index in [1.54, 1.807) is 19.1 Å². The minimum absolute atomic E-state index is 0.264. The van der Waals surface area contributed by atoms with Crippen molar-refractivity contribution in [1.82, 2.24) is 0 Å². The van der Waals surface area contributed by atoms with Crippen LogP contribution in [0.2, 0.25) is 0 Å². The van der Waals surface area contributed by atoms with Crippen molar-refractivity contribution < 1.29 is 24.5 Å². The van der Waals surface area contributed by atoms with E-state index in [1.165, 1.54) is 37.8 Å². The largest absolute Gasteiger partial charge is 0.481 e. The Labute approximate surface area is 124 Å². The fourth-order valence-electron chi connectivity index (χ4n) is 3.05. The van der Waals surface area contributed by atoms with E-state index in [0.717, 1.165) is 0 Å². The van der Waals surface area contributed by atoms with Gasteiger partial charge in [0.1, 0.15) is 5.41 Å². The van der Waals surface area contributed by atoms with Gasteiger partial charge in [0.2, 0.25) is 0 Å². The third-order valence-corrected chi connectivity index (χ3v) is 4.53. The Bertz CT molecular complexity index is 457. The molecule has 1 saturated heterocycles. The van der Waals surface area contributed by atoms with Gasteiger partial charge in [0, 0.05) is 0 Å². The number of allylic oxidation sites excluding steroid dienone is 2. The van der Waals surface area contributed by atoms with Crippen molar-refractivity contribution in [3.05, 3.63) is 24.3 Å². The summed E-state index contributed by atoms with van der Waals surface area (Å²) in [4.78, 5) is 22.0. The van der Waals surface area contributed by atoms with Crippen LogP contribution >= 0.6 is 0 Å². The molecule has 0 aromatic heterocycles. The van der Waals surface area contributed by atoms with Gasteiger partial charge in [-0.05, 0) is 19.3 Å². The first kappa shape index (κ1) is 15.8. The zero-order valence-corrected chi connectivity index (χ0v) is 12.2. The van der Waals surface area contributed by atoms with Crippen LogP contribution in [0.25, 0.3) is 0 Å². The third kappa shape index (κ3) is 3.35. The fraction of sp³-hybridized carbons (Fsp3) is 0.625. The van der Waals surface area contributed by atoms with E-state index < -0.39 is 23.3 Å². The highest BCUT2D eigenvalue weighted by atomic mass is 16.6. The lowest BCUT2D eigenvalue weighted by Gasteiger charge is -2.30. The van der Waals surface area contributed by atoms with Crippen molar-refractivity contribution in [3.8, 4) is 0 Å². The average Bonchev–Trinajstić information content (AvgIpc) is 3.26. The highest BCUT2D eigenvalue weighted by molar-refractivity contribution is 5.87. The van der Waals surface area contributed by atoms with Gasteiger partial charge in [-0.2, -0.15) is 0 Å². The Kier molecular flexibility index (Phi) is 4.83. The summed E-state index contributed by atoms with van der Waals surface area (Å²) < 4.78 is 5.28. The maximum absolute atomic E-state index is 11.1. The molecule has 1 heterocycles. The van der Waals surface area contributed by atoms with Crippen molar-refractivity contribution in [2.75, 3.05) is 0 Å². The number of rotatable bonds is 3. The second-order valence-corrected chi connectivity index (χ2v) is 5.76. The molecule has 2 N–H and O–H groups in total. The minimum Gasteiger partial charge on any atom is -0.481 e. The van der Waals surface area contributed by atoms with Gasteiger partial charge in [-0.3, -0.25) is 9.59 Å². The van der Waals surface area contributed by atoms with Crippen molar-refractivity contribution in [2.24, 2.45) is 11.3 Å². The van der Waals surface area contributed by atoms with Gasteiger partial charge >= 0.3 is 11.9 Å². The highest BCUT2D eigenvalue weighted by Gasteiger charge is 2.45. The van der Waals surface area contributed by atoms with Crippen LogP contribution in [0.5, 0.6) is 0 Å². The molecule has 2 fully saturated rings. The van der Waals surface area contributed by atoms with Crippen LogP contribution in [0.15, 0.2) is 24.3 Å². The topological polar surface area (TPSA) is 87.1 Å². The maximum Gasteiger partial charge on any atom is 0.314 e. The van der Waals surface area contributed by atoms with Crippen LogP contribution in [0.1, 0.15) is 39.0 Å². The maximum atomic E-state index is 11.1. The van der Waals surface area contributed by atoms with E-state index >= 15 is 0 Å². The molecule has 1 aliphatic heterocycles. The normalized spacial score (nSPS) is 36.1. The van der Waals surface area contributed by atoms with Gasteiger partial charge in [-0.15, -0.1) is 0 Å². The lowest BCUT2D eigenvalue weighted by Crippen LogP contribution is -2.40. The van der Waals surface area contributed by atoms with Gasteiger partial charge in [-0.25, -0.2) is 0 Å². The molecule has 4 atom stereocenters. The van der Waals surface area contributed by atoms with Crippen LogP contribution in [0.4, 0.5) is 0 Å². The number of aliphatic carboxylic acids is 2. The van der Waals surface area contributed by atoms with Crippen molar-refractivity contribution in [1.29, 1.82) is 0 Å². The number of fused-ring (bicyclic) bond motifs is 1. The Hall–Kier alpha value is -1.62. The van der Waals surface area contributed by atoms with E-state index in [2.05, 4.69) is 0 Å². The first-order chi connectivity index (χ1) is 10.0. The molecule has 2 aliphatic carbocycles. The zero-order valence-electron chi connectivity index (χ0n) is 12.2. The van der Waals surface area contributed by atoms with Gasteiger partial charge in [0.15, 0.2) is 0 Å². The predicted octanol–water partition coefficient (Wildman–Crippen LogP) is 2.62. The number of carboxylic acids is 2. The molecule has 3 rings (SSSR count). The Morgan fingerprint density at radius 2 is 1.81 bits per heavy atom. The second kappa shape index (κ2) is 6.43. The van der Waals surface area contributed by atoms with Crippen LogP contribution in [0.3, 0.4) is 0 Å². The second-order valence-electron chi connectivity index (χ2n) is 5.76. The quantitative estimate of drug-likeness (QED) is 0.781. The number of hydrogen-bond acceptors (Lipinski definition) is 3. The Balaban J connectivity index is 0.000000189. The van der Waals surface area contributed by atoms with Crippen LogP contribution < -0.4 is 0 Å². The van der Waals surface area contributed by atoms with Gasteiger partial charge in [0.05, 0.1) is 18.1 Å². The summed E-state index contributed by atoms with van der Waals surface area (Å²) in [7, 11) is 0. The molecular formula is C16H22O5. The van der Waals surface area contributed by atoms with Gasteiger partial charge in [0.25, 0.3) is 0 Å². The van der Waals surface area contributed by atoms with E-state index in [0.29, 0.717) is 12.2 Å². The molecule has 0 amide bonds. The summed E-state index contributed by atoms with van der Waals surface area (Å²) in [5, 5.41) is 18.0.